The molecule has 0 saturated carbocycles. The van der Waals surface area contributed by atoms with Gasteiger partial charge in [0.2, 0.25) is 5.91 Å². The number of carbonyl (C=O) groups is 1. The third kappa shape index (κ3) is 4.13. The van der Waals surface area contributed by atoms with E-state index in [2.05, 4.69) is 5.32 Å². The molecule has 1 aromatic rings. The highest BCUT2D eigenvalue weighted by atomic mass is 16.5. The number of benzene rings is 1. The number of ether oxygens (including phenoxy) is 1. The third-order valence-electron chi connectivity index (χ3n) is 3.38. The molecule has 0 saturated heterocycles. The van der Waals surface area contributed by atoms with Crippen molar-refractivity contribution < 1.29 is 14.6 Å². The molecule has 0 bridgehead atoms. The average molecular weight is 280 g/mol. The molecule has 0 aliphatic rings. The zero-order valence-electron chi connectivity index (χ0n) is 12.6. The minimum atomic E-state index is -0.111. The first-order valence-electron chi connectivity index (χ1n) is 6.91. The zero-order chi connectivity index (χ0) is 15.1. The van der Waals surface area contributed by atoms with E-state index in [4.69, 9.17) is 4.74 Å². The van der Waals surface area contributed by atoms with Gasteiger partial charge < -0.3 is 20.1 Å². The van der Waals surface area contributed by atoms with E-state index in [0.29, 0.717) is 18.8 Å². The molecule has 0 fully saturated rings. The smallest absolute Gasteiger partial charge is 0.236 e. The van der Waals surface area contributed by atoms with E-state index in [1.807, 2.05) is 20.8 Å². The quantitative estimate of drug-likeness (QED) is 0.801. The number of hydrogen-bond acceptors (Lipinski definition) is 4. The highest BCUT2D eigenvalue weighted by Gasteiger charge is 2.14. The van der Waals surface area contributed by atoms with Crippen molar-refractivity contribution in [3.05, 3.63) is 23.8 Å². The summed E-state index contributed by atoms with van der Waals surface area (Å²) in [5.74, 6) is 0.840. The molecule has 0 spiro atoms. The summed E-state index contributed by atoms with van der Waals surface area (Å²) in [5, 5.41) is 13.1. The lowest BCUT2D eigenvalue weighted by Gasteiger charge is -2.21. The van der Waals surface area contributed by atoms with Crippen LogP contribution in [0.3, 0.4) is 0 Å². The Kier molecular flexibility index (Phi) is 6.31. The summed E-state index contributed by atoms with van der Waals surface area (Å²) in [6.45, 7) is 7.50. The van der Waals surface area contributed by atoms with Gasteiger partial charge in [0.25, 0.3) is 0 Å². The fourth-order valence-electron chi connectivity index (χ4n) is 2.06. The van der Waals surface area contributed by atoms with Crippen molar-refractivity contribution in [3.63, 3.8) is 0 Å². The fourth-order valence-corrected chi connectivity index (χ4v) is 2.06. The molecule has 5 nitrogen and oxygen atoms in total. The van der Waals surface area contributed by atoms with Crippen LogP contribution in [0, 0.1) is 0 Å². The van der Waals surface area contributed by atoms with Crippen LogP contribution in [0.1, 0.15) is 32.4 Å². The molecule has 1 atom stereocenters. The van der Waals surface area contributed by atoms with Crippen LogP contribution in [0.15, 0.2) is 18.2 Å². The average Bonchev–Trinajstić information content (AvgIpc) is 2.45. The van der Waals surface area contributed by atoms with Gasteiger partial charge in [-0.2, -0.15) is 0 Å². The monoisotopic (exact) mass is 280 g/mol. The summed E-state index contributed by atoms with van der Waals surface area (Å²) in [6, 6.07) is 5.05. The van der Waals surface area contributed by atoms with Gasteiger partial charge in [0, 0.05) is 30.8 Å². The molecule has 1 aromatic carbocycles. The van der Waals surface area contributed by atoms with E-state index < -0.39 is 0 Å². The Morgan fingerprint density at radius 3 is 2.55 bits per heavy atom. The van der Waals surface area contributed by atoms with E-state index in [9.17, 15) is 9.90 Å². The SMILES string of the molecule is CCN(CC)C(=O)CNC(C)c1ccc(OC)cc1O. The minimum Gasteiger partial charge on any atom is -0.507 e. The normalized spacial score (nSPS) is 12.0. The molecule has 20 heavy (non-hydrogen) atoms. The number of amides is 1. The lowest BCUT2D eigenvalue weighted by atomic mass is 10.1. The molecule has 112 valence electrons. The lowest BCUT2D eigenvalue weighted by Crippen LogP contribution is -2.38. The first-order chi connectivity index (χ1) is 9.53. The fraction of sp³-hybridized carbons (Fsp3) is 0.533. The number of likely N-dealkylation sites (N-methyl/N-ethyl adjacent to an activating group) is 1. The number of phenolic OH excluding ortho intramolecular Hbond substituents is 1. The molecule has 5 heteroatoms. The molecular weight excluding hydrogens is 256 g/mol. The predicted molar refractivity (Wildman–Crippen MR) is 79.0 cm³/mol. The molecule has 2 N–H and O–H groups in total. The van der Waals surface area contributed by atoms with Gasteiger partial charge in [0.1, 0.15) is 11.5 Å². The van der Waals surface area contributed by atoms with Gasteiger partial charge in [-0.15, -0.1) is 0 Å². The zero-order valence-corrected chi connectivity index (χ0v) is 12.6. The molecule has 0 aromatic heterocycles. The van der Waals surface area contributed by atoms with Gasteiger partial charge in [0.05, 0.1) is 13.7 Å². The molecule has 0 radical (unpaired) electrons. The Morgan fingerprint density at radius 2 is 2.05 bits per heavy atom. The highest BCUT2D eigenvalue weighted by molar-refractivity contribution is 5.78. The Hall–Kier alpha value is -1.75. The van der Waals surface area contributed by atoms with Gasteiger partial charge in [-0.3, -0.25) is 4.79 Å². The summed E-state index contributed by atoms with van der Waals surface area (Å²) in [6.07, 6.45) is 0. The molecule has 0 aliphatic heterocycles. The van der Waals surface area contributed by atoms with Crippen LogP contribution >= 0.6 is 0 Å². The van der Waals surface area contributed by atoms with Crippen molar-refractivity contribution in [1.82, 2.24) is 10.2 Å². The third-order valence-corrected chi connectivity index (χ3v) is 3.38. The van der Waals surface area contributed by atoms with Crippen molar-refractivity contribution in [2.45, 2.75) is 26.8 Å². The van der Waals surface area contributed by atoms with Gasteiger partial charge >= 0.3 is 0 Å². The van der Waals surface area contributed by atoms with E-state index in [1.54, 1.807) is 30.2 Å². The van der Waals surface area contributed by atoms with Crippen LogP contribution in [0.4, 0.5) is 0 Å². The van der Waals surface area contributed by atoms with Crippen molar-refractivity contribution in [2.75, 3.05) is 26.7 Å². The van der Waals surface area contributed by atoms with E-state index in [-0.39, 0.29) is 24.2 Å². The number of methoxy groups -OCH3 is 1. The summed E-state index contributed by atoms with van der Waals surface area (Å²) < 4.78 is 5.05. The first kappa shape index (κ1) is 16.3. The van der Waals surface area contributed by atoms with E-state index in [1.165, 1.54) is 0 Å². The van der Waals surface area contributed by atoms with Crippen molar-refractivity contribution in [3.8, 4) is 11.5 Å². The van der Waals surface area contributed by atoms with Gasteiger partial charge in [-0.1, -0.05) is 6.07 Å². The Labute approximate surface area is 120 Å². The molecule has 1 amide bonds. The second-order valence-electron chi connectivity index (χ2n) is 4.59. The second-order valence-corrected chi connectivity index (χ2v) is 4.59. The maximum atomic E-state index is 11.9. The summed E-state index contributed by atoms with van der Waals surface area (Å²) in [7, 11) is 1.55. The summed E-state index contributed by atoms with van der Waals surface area (Å²) in [4.78, 5) is 13.7. The first-order valence-corrected chi connectivity index (χ1v) is 6.91. The number of aromatic hydroxyl groups is 1. The number of phenols is 1. The number of nitrogens with zero attached hydrogens (tertiary/aromatic N) is 1. The second kappa shape index (κ2) is 7.75. The van der Waals surface area contributed by atoms with E-state index >= 15 is 0 Å². The number of nitrogens with one attached hydrogen (secondary N) is 1. The minimum absolute atomic E-state index is 0.0647. The van der Waals surface area contributed by atoms with Crippen molar-refractivity contribution in [1.29, 1.82) is 0 Å². The standard InChI is InChI=1S/C15H24N2O3/c1-5-17(6-2)15(19)10-16-11(3)13-8-7-12(20-4)9-14(13)18/h7-9,11,16,18H,5-6,10H2,1-4H3. The van der Waals surface area contributed by atoms with Crippen LogP contribution < -0.4 is 10.1 Å². The van der Waals surface area contributed by atoms with Crippen LogP contribution in [0.25, 0.3) is 0 Å². The van der Waals surface area contributed by atoms with Gasteiger partial charge in [-0.05, 0) is 26.8 Å². The molecule has 1 rings (SSSR count). The molecule has 0 aliphatic carbocycles. The van der Waals surface area contributed by atoms with Crippen LogP contribution in [0.2, 0.25) is 0 Å². The van der Waals surface area contributed by atoms with Crippen LogP contribution in [0.5, 0.6) is 11.5 Å². The molecule has 0 heterocycles. The predicted octanol–water partition coefficient (Wildman–Crippen LogP) is 1.92. The van der Waals surface area contributed by atoms with Crippen molar-refractivity contribution in [2.24, 2.45) is 0 Å². The Bertz CT molecular complexity index is 445. The van der Waals surface area contributed by atoms with Gasteiger partial charge in [0.15, 0.2) is 0 Å². The van der Waals surface area contributed by atoms with Crippen molar-refractivity contribution >= 4 is 5.91 Å². The Balaban J connectivity index is 2.63. The maximum absolute atomic E-state index is 11.9. The Morgan fingerprint density at radius 1 is 1.40 bits per heavy atom. The largest absolute Gasteiger partial charge is 0.507 e. The van der Waals surface area contributed by atoms with Crippen LogP contribution in [-0.2, 0) is 4.79 Å². The van der Waals surface area contributed by atoms with E-state index in [0.717, 1.165) is 5.56 Å². The summed E-state index contributed by atoms with van der Waals surface area (Å²) >= 11 is 0. The van der Waals surface area contributed by atoms with Crippen LogP contribution in [-0.4, -0.2) is 42.7 Å². The highest BCUT2D eigenvalue weighted by Crippen LogP contribution is 2.28. The number of carbonyl (C=O) groups excluding carboxylic acids is 1. The number of hydrogen-bond donors (Lipinski definition) is 2. The van der Waals surface area contributed by atoms with Gasteiger partial charge in [-0.25, -0.2) is 0 Å². The number of rotatable bonds is 7. The summed E-state index contributed by atoms with van der Waals surface area (Å²) in [5.41, 5.74) is 0.748. The molecular formula is C15H24N2O3. The molecule has 1 unspecified atom stereocenters. The topological polar surface area (TPSA) is 61.8 Å². The lowest BCUT2D eigenvalue weighted by molar-refractivity contribution is -0.129. The maximum Gasteiger partial charge on any atom is 0.236 e.